The molecule has 0 unspecified atom stereocenters. The zero-order valence-corrected chi connectivity index (χ0v) is 19.6. The predicted octanol–water partition coefficient (Wildman–Crippen LogP) is 3.81. The first-order chi connectivity index (χ1) is 17.0. The number of piperazine rings is 1. The lowest BCUT2D eigenvalue weighted by Crippen LogP contribution is -2.65. The number of anilines is 2. The second-order valence-electron chi connectivity index (χ2n) is 9.37. The van der Waals surface area contributed by atoms with Crippen LogP contribution in [0.15, 0.2) is 72.9 Å². The number of rotatable bonds is 3. The Bertz CT molecular complexity index is 1270. The molecule has 3 amide bonds. The number of pyridine rings is 1. The molecule has 2 bridgehead atoms. The Labute approximate surface area is 204 Å². The standard InChI is InChI=1S/C27H27N5O3/c1-27-18-22(21-9-2-3-10-23(21)35-27)29-26(34)32(27)20-8-6-7-19(17-20)25(33)31-15-13-30(14-16-31)24-11-4-5-12-28-24/h2-12,17,22H,13-16,18H2,1H3,(H,29,34)/t22-,27-/m1/s1. The number of fused-ring (bicyclic) bond motifs is 4. The molecule has 3 aromatic rings. The van der Waals surface area contributed by atoms with Crippen molar-refractivity contribution in [2.45, 2.75) is 25.1 Å². The maximum Gasteiger partial charge on any atom is 0.325 e. The molecule has 2 saturated heterocycles. The van der Waals surface area contributed by atoms with Gasteiger partial charge in [0, 0.05) is 49.9 Å². The van der Waals surface area contributed by atoms with Gasteiger partial charge in [-0.15, -0.1) is 0 Å². The summed E-state index contributed by atoms with van der Waals surface area (Å²) in [6.07, 6.45) is 2.40. The lowest BCUT2D eigenvalue weighted by molar-refractivity contribution is 0.0378. The molecule has 1 aromatic heterocycles. The lowest BCUT2D eigenvalue weighted by atomic mass is 9.90. The summed E-state index contributed by atoms with van der Waals surface area (Å²) in [5, 5.41) is 3.11. The fourth-order valence-electron chi connectivity index (χ4n) is 5.35. The molecule has 35 heavy (non-hydrogen) atoms. The molecule has 0 saturated carbocycles. The van der Waals surface area contributed by atoms with Gasteiger partial charge >= 0.3 is 6.03 Å². The molecule has 0 radical (unpaired) electrons. The van der Waals surface area contributed by atoms with Gasteiger partial charge in [-0.2, -0.15) is 0 Å². The van der Waals surface area contributed by atoms with Crippen molar-refractivity contribution in [3.8, 4) is 5.75 Å². The highest BCUT2D eigenvalue weighted by Crippen LogP contribution is 2.45. The van der Waals surface area contributed by atoms with E-state index in [0.717, 1.165) is 30.2 Å². The number of para-hydroxylation sites is 1. The molecule has 1 N–H and O–H groups in total. The SMILES string of the molecule is C[C@@]12C[C@@H](NC(=O)N1c1cccc(C(=O)N3CCN(c4ccccn4)CC3)c1)c1ccccc1O2. The Hall–Kier alpha value is -4.07. The molecule has 4 heterocycles. The highest BCUT2D eigenvalue weighted by atomic mass is 16.5. The van der Waals surface area contributed by atoms with E-state index in [1.54, 1.807) is 23.2 Å². The molecular weight excluding hydrogens is 442 g/mol. The van der Waals surface area contributed by atoms with Gasteiger partial charge in [0.25, 0.3) is 5.91 Å². The first-order valence-corrected chi connectivity index (χ1v) is 12.0. The molecule has 6 rings (SSSR count). The van der Waals surface area contributed by atoms with Crippen LogP contribution < -0.4 is 19.9 Å². The van der Waals surface area contributed by atoms with E-state index in [0.29, 0.717) is 30.8 Å². The van der Waals surface area contributed by atoms with E-state index >= 15 is 0 Å². The monoisotopic (exact) mass is 469 g/mol. The minimum Gasteiger partial charge on any atom is -0.467 e. The van der Waals surface area contributed by atoms with Gasteiger partial charge in [-0.1, -0.05) is 30.3 Å². The van der Waals surface area contributed by atoms with Gasteiger partial charge in [0.1, 0.15) is 11.6 Å². The average molecular weight is 470 g/mol. The van der Waals surface area contributed by atoms with Gasteiger partial charge in [0.05, 0.1) is 11.7 Å². The number of hydrogen-bond acceptors (Lipinski definition) is 5. The first kappa shape index (κ1) is 21.5. The number of amides is 3. The molecule has 178 valence electrons. The quantitative estimate of drug-likeness (QED) is 0.631. The molecule has 0 spiro atoms. The summed E-state index contributed by atoms with van der Waals surface area (Å²) in [4.78, 5) is 36.7. The van der Waals surface area contributed by atoms with E-state index in [1.165, 1.54) is 0 Å². The van der Waals surface area contributed by atoms with Crippen LogP contribution in [0.3, 0.4) is 0 Å². The molecular formula is C27H27N5O3. The van der Waals surface area contributed by atoms with Crippen LogP contribution in [-0.2, 0) is 0 Å². The maximum absolute atomic E-state index is 13.4. The minimum atomic E-state index is -0.850. The van der Waals surface area contributed by atoms with Crippen LogP contribution in [0.2, 0.25) is 0 Å². The van der Waals surface area contributed by atoms with Gasteiger partial charge in [-0.05, 0) is 43.3 Å². The van der Waals surface area contributed by atoms with Gasteiger partial charge in [0.2, 0.25) is 0 Å². The summed E-state index contributed by atoms with van der Waals surface area (Å²) in [5.74, 6) is 1.66. The largest absolute Gasteiger partial charge is 0.467 e. The number of nitrogens with zero attached hydrogens (tertiary/aromatic N) is 4. The van der Waals surface area contributed by atoms with E-state index in [4.69, 9.17) is 4.74 Å². The molecule has 0 aliphatic carbocycles. The highest BCUT2D eigenvalue weighted by molar-refractivity contribution is 5.99. The van der Waals surface area contributed by atoms with Crippen molar-refractivity contribution in [3.05, 3.63) is 84.1 Å². The summed E-state index contributed by atoms with van der Waals surface area (Å²) in [6, 6.07) is 20.6. The number of ether oxygens (including phenoxy) is 1. The number of carbonyl (C=O) groups is 2. The van der Waals surface area contributed by atoms with Crippen LogP contribution in [0.5, 0.6) is 5.75 Å². The van der Waals surface area contributed by atoms with E-state index in [9.17, 15) is 9.59 Å². The number of aromatic nitrogens is 1. The Morgan fingerprint density at radius 1 is 1.03 bits per heavy atom. The summed E-state index contributed by atoms with van der Waals surface area (Å²) in [7, 11) is 0. The van der Waals surface area contributed by atoms with Crippen LogP contribution in [0, 0.1) is 0 Å². The zero-order chi connectivity index (χ0) is 24.0. The summed E-state index contributed by atoms with van der Waals surface area (Å²) in [5.41, 5.74) is 1.34. The van der Waals surface area contributed by atoms with Gasteiger partial charge in [-0.25, -0.2) is 9.78 Å². The Balaban J connectivity index is 1.22. The zero-order valence-electron chi connectivity index (χ0n) is 19.6. The molecule has 2 aromatic carbocycles. The molecule has 2 atom stereocenters. The smallest absolute Gasteiger partial charge is 0.325 e. The van der Waals surface area contributed by atoms with E-state index in [2.05, 4.69) is 15.2 Å². The van der Waals surface area contributed by atoms with Crippen LogP contribution >= 0.6 is 0 Å². The van der Waals surface area contributed by atoms with Gasteiger partial charge in [-0.3, -0.25) is 9.69 Å². The third-order valence-electron chi connectivity index (χ3n) is 7.07. The van der Waals surface area contributed by atoms with Crippen molar-refractivity contribution in [2.75, 3.05) is 36.0 Å². The molecule has 3 aliphatic rings. The minimum absolute atomic E-state index is 0.0390. The van der Waals surface area contributed by atoms with Gasteiger partial charge < -0.3 is 19.9 Å². The molecule has 2 fully saturated rings. The van der Waals surface area contributed by atoms with Crippen molar-refractivity contribution >= 4 is 23.4 Å². The van der Waals surface area contributed by atoms with Crippen LogP contribution in [0.25, 0.3) is 0 Å². The van der Waals surface area contributed by atoms with E-state index in [1.807, 2.05) is 66.4 Å². The second kappa shape index (κ2) is 8.30. The topological polar surface area (TPSA) is 78.0 Å². The normalized spacial score (nSPS) is 23.3. The summed E-state index contributed by atoms with van der Waals surface area (Å²) in [6.45, 7) is 4.61. The Morgan fingerprint density at radius 2 is 1.83 bits per heavy atom. The average Bonchev–Trinajstić information content (AvgIpc) is 2.88. The highest BCUT2D eigenvalue weighted by Gasteiger charge is 2.49. The predicted molar refractivity (Wildman–Crippen MR) is 133 cm³/mol. The summed E-state index contributed by atoms with van der Waals surface area (Å²) < 4.78 is 6.36. The van der Waals surface area contributed by atoms with Crippen molar-refractivity contribution in [1.82, 2.24) is 15.2 Å². The number of urea groups is 1. The molecule has 3 aliphatic heterocycles. The number of hydrogen-bond donors (Lipinski definition) is 1. The van der Waals surface area contributed by atoms with E-state index in [-0.39, 0.29) is 18.0 Å². The lowest BCUT2D eigenvalue weighted by Gasteiger charge is -2.50. The Morgan fingerprint density at radius 3 is 2.63 bits per heavy atom. The number of carbonyl (C=O) groups excluding carboxylic acids is 2. The number of nitrogens with one attached hydrogen (secondary N) is 1. The van der Waals surface area contributed by atoms with E-state index < -0.39 is 5.72 Å². The third kappa shape index (κ3) is 3.75. The third-order valence-corrected chi connectivity index (χ3v) is 7.07. The Kier molecular flexibility index (Phi) is 5.09. The fourth-order valence-corrected chi connectivity index (χ4v) is 5.35. The molecule has 8 nitrogen and oxygen atoms in total. The fraction of sp³-hybridized carbons (Fsp3) is 0.296. The maximum atomic E-state index is 13.4. The molecule has 8 heteroatoms. The van der Waals surface area contributed by atoms with Crippen LogP contribution in [0.1, 0.15) is 35.3 Å². The summed E-state index contributed by atoms with van der Waals surface area (Å²) >= 11 is 0. The van der Waals surface area contributed by atoms with Gasteiger partial charge in [0.15, 0.2) is 5.72 Å². The number of benzene rings is 2. The second-order valence-corrected chi connectivity index (χ2v) is 9.37. The van der Waals surface area contributed by atoms with Crippen molar-refractivity contribution < 1.29 is 14.3 Å². The van der Waals surface area contributed by atoms with Crippen molar-refractivity contribution in [3.63, 3.8) is 0 Å². The van der Waals surface area contributed by atoms with Crippen molar-refractivity contribution in [1.29, 1.82) is 0 Å². The van der Waals surface area contributed by atoms with Crippen LogP contribution in [-0.4, -0.2) is 53.7 Å². The first-order valence-electron chi connectivity index (χ1n) is 12.0. The van der Waals surface area contributed by atoms with Crippen molar-refractivity contribution in [2.24, 2.45) is 0 Å². The van der Waals surface area contributed by atoms with Crippen LogP contribution in [0.4, 0.5) is 16.3 Å².